The summed E-state index contributed by atoms with van der Waals surface area (Å²) in [6.07, 6.45) is 1.53. The Morgan fingerprint density at radius 3 is 2.08 bits per heavy atom. The molecule has 0 unspecified atom stereocenters. The molecular weight excluding hydrogens is 184 g/mol. The Kier molecular flexibility index (Phi) is 3.26. The molecule has 2 nitrogen and oxygen atoms in total. The third-order valence-electron chi connectivity index (χ3n) is 1.99. The van der Waals surface area contributed by atoms with Crippen LogP contribution < -0.4 is 0 Å². The number of halogens is 1. The van der Waals surface area contributed by atoms with Crippen LogP contribution in [-0.4, -0.2) is 9.97 Å². The van der Waals surface area contributed by atoms with Crippen LogP contribution >= 0.6 is 11.6 Å². The molecule has 0 fully saturated rings. The van der Waals surface area contributed by atoms with Crippen molar-refractivity contribution in [2.75, 3.05) is 0 Å². The molecule has 0 amide bonds. The fourth-order valence-corrected chi connectivity index (χ4v) is 1.74. The summed E-state index contributed by atoms with van der Waals surface area (Å²) < 4.78 is 0. The van der Waals surface area contributed by atoms with Crippen LogP contribution in [0.3, 0.4) is 0 Å². The summed E-state index contributed by atoms with van der Waals surface area (Å²) in [6.45, 7) is 8.45. The Morgan fingerprint density at radius 1 is 1.08 bits per heavy atom. The molecule has 0 saturated carbocycles. The van der Waals surface area contributed by atoms with Crippen LogP contribution in [0.15, 0.2) is 6.33 Å². The van der Waals surface area contributed by atoms with Gasteiger partial charge in [-0.25, -0.2) is 9.97 Å². The first-order valence-corrected chi connectivity index (χ1v) is 4.92. The van der Waals surface area contributed by atoms with Crippen molar-refractivity contribution >= 4 is 11.6 Å². The molecular formula is C10H15ClN2. The van der Waals surface area contributed by atoms with E-state index in [-0.39, 0.29) is 0 Å². The fourth-order valence-electron chi connectivity index (χ4n) is 1.38. The van der Waals surface area contributed by atoms with Crippen molar-refractivity contribution in [2.24, 2.45) is 0 Å². The van der Waals surface area contributed by atoms with Gasteiger partial charge in [0.1, 0.15) is 11.5 Å². The summed E-state index contributed by atoms with van der Waals surface area (Å²) in [5.41, 5.74) is 2.15. The lowest BCUT2D eigenvalue weighted by Gasteiger charge is -2.14. The topological polar surface area (TPSA) is 25.8 Å². The van der Waals surface area contributed by atoms with Crippen molar-refractivity contribution < 1.29 is 0 Å². The van der Waals surface area contributed by atoms with E-state index < -0.39 is 0 Å². The second-order valence-corrected chi connectivity index (χ2v) is 4.13. The van der Waals surface area contributed by atoms with E-state index in [1.165, 1.54) is 6.33 Å². The van der Waals surface area contributed by atoms with Gasteiger partial charge in [-0.1, -0.05) is 39.3 Å². The van der Waals surface area contributed by atoms with E-state index in [0.717, 1.165) is 11.3 Å². The van der Waals surface area contributed by atoms with E-state index in [9.17, 15) is 0 Å². The van der Waals surface area contributed by atoms with Crippen LogP contribution in [0.5, 0.6) is 0 Å². The Balaban J connectivity index is 3.26. The molecule has 0 aliphatic heterocycles. The predicted molar refractivity (Wildman–Crippen MR) is 55.2 cm³/mol. The molecule has 1 aromatic rings. The Hall–Kier alpha value is -0.630. The summed E-state index contributed by atoms with van der Waals surface area (Å²) in [5.74, 6) is 0.781. The first-order chi connectivity index (χ1) is 6.04. The van der Waals surface area contributed by atoms with Crippen LogP contribution in [0, 0.1) is 0 Å². The molecule has 13 heavy (non-hydrogen) atoms. The lowest BCUT2D eigenvalue weighted by atomic mass is 9.97. The van der Waals surface area contributed by atoms with Gasteiger partial charge in [-0.15, -0.1) is 0 Å². The van der Waals surface area contributed by atoms with Gasteiger partial charge in [0.25, 0.3) is 0 Å². The highest BCUT2D eigenvalue weighted by Gasteiger charge is 2.15. The predicted octanol–water partition coefficient (Wildman–Crippen LogP) is 3.38. The van der Waals surface area contributed by atoms with E-state index in [4.69, 9.17) is 11.6 Å². The third-order valence-corrected chi connectivity index (χ3v) is 2.29. The van der Waals surface area contributed by atoms with E-state index in [1.54, 1.807) is 0 Å². The standard InChI is InChI=1S/C10H15ClN2/c1-6(2)8-9(7(3)4)12-5-13-10(8)11/h5-7H,1-4H3. The highest BCUT2D eigenvalue weighted by atomic mass is 35.5. The van der Waals surface area contributed by atoms with Crippen molar-refractivity contribution in [1.29, 1.82) is 0 Å². The zero-order valence-corrected chi connectivity index (χ0v) is 9.26. The van der Waals surface area contributed by atoms with E-state index in [0.29, 0.717) is 17.0 Å². The van der Waals surface area contributed by atoms with Crippen LogP contribution in [0.4, 0.5) is 0 Å². The maximum atomic E-state index is 6.02. The molecule has 0 aromatic carbocycles. The first-order valence-electron chi connectivity index (χ1n) is 4.54. The second-order valence-electron chi connectivity index (χ2n) is 3.77. The zero-order valence-electron chi connectivity index (χ0n) is 8.50. The summed E-state index contributed by atoms with van der Waals surface area (Å²) in [5, 5.41) is 0.591. The molecule has 1 heterocycles. The van der Waals surface area contributed by atoms with Crippen molar-refractivity contribution in [1.82, 2.24) is 9.97 Å². The molecule has 1 aromatic heterocycles. The quantitative estimate of drug-likeness (QED) is 0.681. The number of hydrogen-bond donors (Lipinski definition) is 0. The lowest BCUT2D eigenvalue weighted by molar-refractivity contribution is 0.746. The summed E-state index contributed by atoms with van der Waals surface area (Å²) in [4.78, 5) is 8.26. The minimum absolute atomic E-state index is 0.381. The van der Waals surface area contributed by atoms with Gasteiger partial charge in [0.05, 0.1) is 5.69 Å². The maximum absolute atomic E-state index is 6.02. The van der Waals surface area contributed by atoms with Gasteiger partial charge in [0.15, 0.2) is 0 Å². The molecule has 0 atom stereocenters. The molecule has 1 rings (SSSR count). The Labute approximate surface area is 84.4 Å². The average molecular weight is 199 g/mol. The molecule has 3 heteroatoms. The molecule has 0 aliphatic carbocycles. The summed E-state index contributed by atoms with van der Waals surface area (Å²) >= 11 is 6.02. The molecule has 0 spiro atoms. The molecule has 0 saturated heterocycles. The number of rotatable bonds is 2. The van der Waals surface area contributed by atoms with Crippen LogP contribution in [0.1, 0.15) is 50.8 Å². The molecule has 0 aliphatic rings. The average Bonchev–Trinajstić information content (AvgIpc) is 2.02. The van der Waals surface area contributed by atoms with Gasteiger partial charge >= 0.3 is 0 Å². The van der Waals surface area contributed by atoms with Crippen molar-refractivity contribution in [3.8, 4) is 0 Å². The van der Waals surface area contributed by atoms with Crippen LogP contribution in [0.2, 0.25) is 5.15 Å². The van der Waals surface area contributed by atoms with E-state index >= 15 is 0 Å². The largest absolute Gasteiger partial charge is 0.241 e. The first kappa shape index (κ1) is 10.5. The second kappa shape index (κ2) is 4.05. The fraction of sp³-hybridized carbons (Fsp3) is 0.600. The minimum Gasteiger partial charge on any atom is -0.241 e. The minimum atomic E-state index is 0.381. The van der Waals surface area contributed by atoms with E-state index in [2.05, 4.69) is 37.7 Å². The highest BCUT2D eigenvalue weighted by Crippen LogP contribution is 2.28. The van der Waals surface area contributed by atoms with Gasteiger partial charge in [-0.2, -0.15) is 0 Å². The number of aromatic nitrogens is 2. The monoisotopic (exact) mass is 198 g/mol. The molecule has 72 valence electrons. The van der Waals surface area contributed by atoms with Crippen molar-refractivity contribution in [3.05, 3.63) is 22.7 Å². The normalized spacial score (nSPS) is 11.3. The van der Waals surface area contributed by atoms with Gasteiger partial charge in [0.2, 0.25) is 0 Å². The Bertz CT molecular complexity index is 295. The van der Waals surface area contributed by atoms with Gasteiger partial charge in [-0.05, 0) is 11.8 Å². The molecule has 0 N–H and O–H groups in total. The van der Waals surface area contributed by atoms with Crippen molar-refractivity contribution in [2.45, 2.75) is 39.5 Å². The number of nitrogens with zero attached hydrogens (tertiary/aromatic N) is 2. The highest BCUT2D eigenvalue weighted by molar-refractivity contribution is 6.30. The molecule has 0 radical (unpaired) electrons. The van der Waals surface area contributed by atoms with Gasteiger partial charge in [-0.3, -0.25) is 0 Å². The molecule has 0 bridgehead atoms. The van der Waals surface area contributed by atoms with Gasteiger partial charge in [0, 0.05) is 5.56 Å². The number of hydrogen-bond acceptors (Lipinski definition) is 2. The van der Waals surface area contributed by atoms with Gasteiger partial charge < -0.3 is 0 Å². The van der Waals surface area contributed by atoms with Crippen LogP contribution in [-0.2, 0) is 0 Å². The van der Waals surface area contributed by atoms with Crippen LogP contribution in [0.25, 0.3) is 0 Å². The lowest BCUT2D eigenvalue weighted by Crippen LogP contribution is -2.04. The third kappa shape index (κ3) is 2.19. The summed E-state index contributed by atoms with van der Waals surface area (Å²) in [6, 6.07) is 0. The summed E-state index contributed by atoms with van der Waals surface area (Å²) in [7, 11) is 0. The zero-order chi connectivity index (χ0) is 10.0. The van der Waals surface area contributed by atoms with Crippen molar-refractivity contribution in [3.63, 3.8) is 0 Å². The SMILES string of the molecule is CC(C)c1ncnc(Cl)c1C(C)C. The maximum Gasteiger partial charge on any atom is 0.136 e. The smallest absolute Gasteiger partial charge is 0.136 e. The van der Waals surface area contributed by atoms with E-state index in [1.807, 2.05) is 0 Å². The Morgan fingerprint density at radius 2 is 1.69 bits per heavy atom.